The molecule has 2 atom stereocenters. The third-order valence-electron chi connectivity index (χ3n) is 4.51. The molecule has 0 bridgehead atoms. The fourth-order valence-corrected chi connectivity index (χ4v) is 3.17. The van der Waals surface area contributed by atoms with Gasteiger partial charge in [-0.25, -0.2) is 0 Å². The van der Waals surface area contributed by atoms with Crippen LogP contribution in [0.3, 0.4) is 0 Å². The summed E-state index contributed by atoms with van der Waals surface area (Å²) >= 11 is 0. The zero-order chi connectivity index (χ0) is 14.7. The first-order chi connectivity index (χ1) is 9.55. The van der Waals surface area contributed by atoms with Gasteiger partial charge in [0, 0.05) is 31.7 Å². The third-order valence-corrected chi connectivity index (χ3v) is 4.51. The molecule has 1 aromatic rings. The number of nitrogens with zero attached hydrogens (tertiary/aromatic N) is 1. The Morgan fingerprint density at radius 2 is 1.85 bits per heavy atom. The van der Waals surface area contributed by atoms with Crippen LogP contribution >= 0.6 is 0 Å². The number of phenols is 1. The molecule has 0 radical (unpaired) electrons. The molecule has 3 nitrogen and oxygen atoms in total. The maximum Gasteiger partial charge on any atom is 0.121 e. The van der Waals surface area contributed by atoms with E-state index in [1.807, 2.05) is 13.8 Å². The van der Waals surface area contributed by atoms with E-state index in [0.29, 0.717) is 17.8 Å². The highest BCUT2D eigenvalue weighted by atomic mass is 16.3. The standard InChI is InChI=1S/C17H28N2O/c1-5-15-11-19(16(6-2)9-18-15)10-14-7-12(3)17(20)13(4)8-14/h7-8,15-16,18,20H,5-6,9-11H2,1-4H3. The van der Waals surface area contributed by atoms with Crippen LogP contribution in [-0.4, -0.2) is 35.2 Å². The molecule has 1 saturated heterocycles. The van der Waals surface area contributed by atoms with Gasteiger partial charge >= 0.3 is 0 Å². The van der Waals surface area contributed by atoms with E-state index < -0.39 is 0 Å². The molecule has 20 heavy (non-hydrogen) atoms. The minimum Gasteiger partial charge on any atom is -0.507 e. The van der Waals surface area contributed by atoms with Crippen molar-refractivity contribution in [3.63, 3.8) is 0 Å². The molecule has 3 heteroatoms. The molecule has 2 rings (SSSR count). The fraction of sp³-hybridized carbons (Fsp3) is 0.647. The monoisotopic (exact) mass is 276 g/mol. The average Bonchev–Trinajstić information content (AvgIpc) is 2.44. The molecule has 0 spiro atoms. The van der Waals surface area contributed by atoms with Gasteiger partial charge in [-0.15, -0.1) is 0 Å². The van der Waals surface area contributed by atoms with E-state index >= 15 is 0 Å². The molecule has 0 saturated carbocycles. The topological polar surface area (TPSA) is 35.5 Å². The van der Waals surface area contributed by atoms with E-state index in [4.69, 9.17) is 0 Å². The summed E-state index contributed by atoms with van der Waals surface area (Å²) in [6, 6.07) is 5.47. The predicted octanol–water partition coefficient (Wildman–Crippen LogP) is 2.97. The molecule has 1 aromatic carbocycles. The molecule has 0 amide bonds. The van der Waals surface area contributed by atoms with E-state index in [-0.39, 0.29) is 0 Å². The van der Waals surface area contributed by atoms with E-state index in [9.17, 15) is 5.11 Å². The summed E-state index contributed by atoms with van der Waals surface area (Å²) in [6.45, 7) is 11.7. The molecule has 112 valence electrons. The first kappa shape index (κ1) is 15.3. The summed E-state index contributed by atoms with van der Waals surface area (Å²) < 4.78 is 0. The van der Waals surface area contributed by atoms with Gasteiger partial charge < -0.3 is 10.4 Å². The Morgan fingerprint density at radius 3 is 2.40 bits per heavy atom. The number of aryl methyl sites for hydroxylation is 2. The first-order valence-electron chi connectivity index (χ1n) is 7.81. The van der Waals surface area contributed by atoms with Crippen LogP contribution in [-0.2, 0) is 6.54 Å². The number of piperazine rings is 1. The Balaban J connectivity index is 2.13. The summed E-state index contributed by atoms with van der Waals surface area (Å²) in [5.74, 6) is 0.438. The van der Waals surface area contributed by atoms with E-state index in [1.54, 1.807) is 0 Å². The molecule has 1 aliphatic rings. The lowest BCUT2D eigenvalue weighted by Gasteiger charge is -2.40. The Kier molecular flexibility index (Phi) is 5.06. The van der Waals surface area contributed by atoms with Crippen molar-refractivity contribution in [2.24, 2.45) is 0 Å². The summed E-state index contributed by atoms with van der Waals surface area (Å²) in [7, 11) is 0. The summed E-state index contributed by atoms with van der Waals surface area (Å²) in [4.78, 5) is 2.59. The predicted molar refractivity (Wildman–Crippen MR) is 84.2 cm³/mol. The van der Waals surface area contributed by atoms with Gasteiger partial charge in [0.1, 0.15) is 5.75 Å². The summed E-state index contributed by atoms with van der Waals surface area (Å²) in [5.41, 5.74) is 3.28. The highest BCUT2D eigenvalue weighted by Gasteiger charge is 2.25. The minimum absolute atomic E-state index is 0.438. The van der Waals surface area contributed by atoms with Gasteiger partial charge in [0.2, 0.25) is 0 Å². The Hall–Kier alpha value is -1.06. The van der Waals surface area contributed by atoms with Crippen molar-refractivity contribution in [1.82, 2.24) is 10.2 Å². The second kappa shape index (κ2) is 6.59. The van der Waals surface area contributed by atoms with Gasteiger partial charge in [0.25, 0.3) is 0 Å². The zero-order valence-electron chi connectivity index (χ0n) is 13.2. The highest BCUT2D eigenvalue weighted by molar-refractivity contribution is 5.42. The Bertz CT molecular complexity index is 435. The molecule has 0 aliphatic carbocycles. The van der Waals surface area contributed by atoms with Gasteiger partial charge in [0.15, 0.2) is 0 Å². The van der Waals surface area contributed by atoms with Crippen molar-refractivity contribution in [3.05, 3.63) is 28.8 Å². The van der Waals surface area contributed by atoms with Crippen LogP contribution in [0, 0.1) is 13.8 Å². The van der Waals surface area contributed by atoms with E-state index in [1.165, 1.54) is 18.4 Å². The average molecular weight is 276 g/mol. The number of hydrogen-bond acceptors (Lipinski definition) is 3. The molecule has 1 fully saturated rings. The lowest BCUT2D eigenvalue weighted by molar-refractivity contribution is 0.117. The third kappa shape index (κ3) is 3.33. The number of benzene rings is 1. The van der Waals surface area contributed by atoms with Crippen LogP contribution in [0.2, 0.25) is 0 Å². The maximum atomic E-state index is 9.89. The number of phenolic OH excluding ortho intramolecular Hbond substituents is 1. The fourth-order valence-electron chi connectivity index (χ4n) is 3.17. The van der Waals surface area contributed by atoms with Crippen LogP contribution in [0.5, 0.6) is 5.75 Å². The normalized spacial score (nSPS) is 24.0. The lowest BCUT2D eigenvalue weighted by atomic mass is 10.0. The molecule has 0 aromatic heterocycles. The molecular formula is C17H28N2O. The van der Waals surface area contributed by atoms with Crippen molar-refractivity contribution in [1.29, 1.82) is 0 Å². The largest absolute Gasteiger partial charge is 0.507 e. The van der Waals surface area contributed by atoms with Crippen molar-refractivity contribution in [2.45, 2.75) is 59.2 Å². The van der Waals surface area contributed by atoms with Gasteiger partial charge in [-0.3, -0.25) is 4.90 Å². The number of aromatic hydroxyl groups is 1. The highest BCUT2D eigenvalue weighted by Crippen LogP contribution is 2.25. The van der Waals surface area contributed by atoms with E-state index in [0.717, 1.165) is 30.8 Å². The lowest BCUT2D eigenvalue weighted by Crippen LogP contribution is -2.55. The quantitative estimate of drug-likeness (QED) is 0.887. The Morgan fingerprint density at radius 1 is 1.20 bits per heavy atom. The van der Waals surface area contributed by atoms with E-state index in [2.05, 4.69) is 36.2 Å². The second-order valence-corrected chi connectivity index (χ2v) is 6.08. The van der Waals surface area contributed by atoms with Crippen LogP contribution in [0.15, 0.2) is 12.1 Å². The SMILES string of the molecule is CCC1CN(Cc2cc(C)c(O)c(C)c2)C(CC)CN1. The smallest absolute Gasteiger partial charge is 0.121 e. The van der Waals surface area contributed by atoms with Crippen LogP contribution in [0.25, 0.3) is 0 Å². The van der Waals surface area contributed by atoms with Gasteiger partial charge in [-0.1, -0.05) is 26.0 Å². The van der Waals surface area contributed by atoms with Crippen molar-refractivity contribution < 1.29 is 5.11 Å². The van der Waals surface area contributed by atoms with Crippen molar-refractivity contribution >= 4 is 0 Å². The Labute approximate surface area is 123 Å². The number of hydrogen-bond donors (Lipinski definition) is 2. The summed E-state index contributed by atoms with van der Waals surface area (Å²) in [6.07, 6.45) is 2.36. The maximum absolute atomic E-state index is 9.89. The van der Waals surface area contributed by atoms with Gasteiger partial charge in [0.05, 0.1) is 0 Å². The molecular weight excluding hydrogens is 248 g/mol. The molecule has 2 N–H and O–H groups in total. The van der Waals surface area contributed by atoms with Crippen LogP contribution in [0.1, 0.15) is 43.4 Å². The number of nitrogens with one attached hydrogen (secondary N) is 1. The minimum atomic E-state index is 0.438. The van der Waals surface area contributed by atoms with Crippen molar-refractivity contribution in [2.75, 3.05) is 13.1 Å². The van der Waals surface area contributed by atoms with Gasteiger partial charge in [-0.2, -0.15) is 0 Å². The molecule has 1 aliphatic heterocycles. The zero-order valence-corrected chi connectivity index (χ0v) is 13.2. The van der Waals surface area contributed by atoms with Crippen molar-refractivity contribution in [3.8, 4) is 5.75 Å². The first-order valence-corrected chi connectivity index (χ1v) is 7.81. The van der Waals surface area contributed by atoms with Gasteiger partial charge in [-0.05, 0) is 43.4 Å². The van der Waals surface area contributed by atoms with Crippen LogP contribution in [0.4, 0.5) is 0 Å². The summed E-state index contributed by atoms with van der Waals surface area (Å²) in [5, 5.41) is 13.5. The second-order valence-electron chi connectivity index (χ2n) is 6.08. The van der Waals surface area contributed by atoms with Crippen LogP contribution < -0.4 is 5.32 Å². The molecule has 2 unspecified atom stereocenters. The molecule has 1 heterocycles. The number of rotatable bonds is 4.